The molecule has 0 unspecified atom stereocenters. The summed E-state index contributed by atoms with van der Waals surface area (Å²) in [6.07, 6.45) is 8.78. The van der Waals surface area contributed by atoms with Crippen LogP contribution in [0.4, 0.5) is 0 Å². The Morgan fingerprint density at radius 1 is 0.643 bits per heavy atom. The van der Waals surface area contributed by atoms with E-state index in [1.807, 2.05) is 0 Å². The van der Waals surface area contributed by atoms with Crippen LogP contribution in [-0.2, 0) is 17.9 Å². The number of hydrogen-bond donors (Lipinski definition) is 0. The molecule has 0 aliphatic rings. The monoisotopic (exact) mass is 236 g/mol. The smallest absolute Gasteiger partial charge is 0.870 e. The van der Waals surface area contributed by atoms with E-state index in [1.54, 1.807) is 14.2 Å². The molecule has 0 fully saturated rings. The van der Waals surface area contributed by atoms with Crippen molar-refractivity contribution in [1.82, 2.24) is 0 Å². The van der Waals surface area contributed by atoms with Crippen LogP contribution >= 0.6 is 0 Å². The molecule has 0 saturated carbocycles. The summed E-state index contributed by atoms with van der Waals surface area (Å²) in [5.74, 6) is 0. The number of rotatable bonds is 9. The Bertz CT molecular complexity index is 77.3. The predicted molar refractivity (Wildman–Crippen MR) is 61.1 cm³/mol. The third-order valence-electron chi connectivity index (χ3n) is 2.65. The SMILES string of the molecule is CCC[CH2][Ti+]([CH2]CCC)[CH2]CCC.[OH-]. The topological polar surface area (TPSA) is 30.0 Å². The first-order valence-electron chi connectivity index (χ1n) is 6.18. The summed E-state index contributed by atoms with van der Waals surface area (Å²) in [5.41, 5.74) is 0. The average molecular weight is 236 g/mol. The minimum atomic E-state index is -0.552. The van der Waals surface area contributed by atoms with E-state index in [4.69, 9.17) is 0 Å². The van der Waals surface area contributed by atoms with Gasteiger partial charge >= 0.3 is 91.3 Å². The zero-order valence-electron chi connectivity index (χ0n) is 10.3. The van der Waals surface area contributed by atoms with E-state index in [0.717, 1.165) is 0 Å². The van der Waals surface area contributed by atoms with Crippen molar-refractivity contribution >= 4 is 0 Å². The summed E-state index contributed by atoms with van der Waals surface area (Å²) >= 11 is -0.552. The Morgan fingerprint density at radius 2 is 0.929 bits per heavy atom. The van der Waals surface area contributed by atoms with Crippen LogP contribution < -0.4 is 0 Å². The molecule has 0 aliphatic heterocycles. The molecular weight excluding hydrogens is 208 g/mol. The standard InChI is InChI=1S/3C4H9.H2O.Ti/c3*1-3-4-2;;/h3*1,3-4H2,2H3;1H2;/q;;;;+1/p-1. The van der Waals surface area contributed by atoms with Gasteiger partial charge in [-0.15, -0.1) is 0 Å². The first kappa shape index (κ1) is 17.1. The molecule has 0 heterocycles. The molecule has 0 amide bonds. The second kappa shape index (κ2) is 13.7. The van der Waals surface area contributed by atoms with Gasteiger partial charge in [0.05, 0.1) is 0 Å². The molecule has 0 rings (SSSR count). The minimum absolute atomic E-state index is 0. The molecule has 14 heavy (non-hydrogen) atoms. The van der Waals surface area contributed by atoms with Gasteiger partial charge in [0.2, 0.25) is 0 Å². The normalized spacial score (nSPS) is 9.64. The van der Waals surface area contributed by atoms with E-state index in [9.17, 15) is 0 Å². The van der Waals surface area contributed by atoms with E-state index in [1.165, 1.54) is 38.5 Å². The second-order valence-corrected chi connectivity index (χ2v) is 8.75. The van der Waals surface area contributed by atoms with Gasteiger partial charge in [-0.1, -0.05) is 0 Å². The van der Waals surface area contributed by atoms with Gasteiger partial charge in [-0.3, -0.25) is 0 Å². The average Bonchev–Trinajstić information content (AvgIpc) is 2.17. The van der Waals surface area contributed by atoms with Crippen molar-refractivity contribution in [2.45, 2.75) is 73.5 Å². The Labute approximate surface area is 96.8 Å². The second-order valence-electron chi connectivity index (χ2n) is 4.06. The largest absolute Gasteiger partial charge is 0.870 e. The molecule has 1 nitrogen and oxygen atoms in total. The summed E-state index contributed by atoms with van der Waals surface area (Å²) in [5, 5.41) is 0. The molecule has 0 saturated heterocycles. The van der Waals surface area contributed by atoms with Gasteiger partial charge in [-0.25, -0.2) is 0 Å². The third kappa shape index (κ3) is 10.8. The fourth-order valence-electron chi connectivity index (χ4n) is 1.66. The minimum Gasteiger partial charge on any atom is -0.870 e. The van der Waals surface area contributed by atoms with Crippen LogP contribution in [0.25, 0.3) is 0 Å². The molecule has 0 aromatic carbocycles. The zero-order valence-corrected chi connectivity index (χ0v) is 11.9. The molecular formula is C12H28OTi. The van der Waals surface area contributed by atoms with Gasteiger partial charge in [-0.05, 0) is 0 Å². The summed E-state index contributed by atoms with van der Waals surface area (Å²) in [6, 6.07) is 0. The molecule has 1 N–H and O–H groups in total. The zero-order chi connectivity index (χ0) is 9.94. The molecule has 0 bridgehead atoms. The Morgan fingerprint density at radius 3 is 1.14 bits per heavy atom. The molecule has 2 heteroatoms. The number of unbranched alkanes of at least 4 members (excludes halogenated alkanes) is 3. The molecule has 86 valence electrons. The van der Waals surface area contributed by atoms with Crippen molar-refractivity contribution in [1.29, 1.82) is 0 Å². The molecule has 0 atom stereocenters. The Balaban J connectivity index is 0. The van der Waals surface area contributed by atoms with Crippen LogP contribution in [0.2, 0.25) is 14.2 Å². The first-order chi connectivity index (χ1) is 6.35. The molecule has 0 aromatic heterocycles. The Kier molecular flexibility index (Phi) is 16.7. The summed E-state index contributed by atoms with van der Waals surface area (Å²) in [4.78, 5) is 0. The van der Waals surface area contributed by atoms with Crippen molar-refractivity contribution in [2.75, 3.05) is 0 Å². The van der Waals surface area contributed by atoms with E-state index >= 15 is 0 Å². The van der Waals surface area contributed by atoms with E-state index in [2.05, 4.69) is 20.8 Å². The number of hydrogen-bond acceptors (Lipinski definition) is 1. The Hall–Kier alpha value is 0.674. The van der Waals surface area contributed by atoms with Gasteiger partial charge < -0.3 is 5.48 Å². The van der Waals surface area contributed by atoms with Crippen LogP contribution in [0.1, 0.15) is 59.3 Å². The predicted octanol–water partition coefficient (Wildman–Crippen LogP) is 5.08. The maximum atomic E-state index is 2.33. The molecule has 0 aliphatic carbocycles. The van der Waals surface area contributed by atoms with Crippen molar-refractivity contribution in [3.8, 4) is 0 Å². The first-order valence-corrected chi connectivity index (χ1v) is 9.49. The molecule has 0 radical (unpaired) electrons. The molecule has 0 spiro atoms. The fraction of sp³-hybridized carbons (Fsp3) is 1.00. The van der Waals surface area contributed by atoms with E-state index in [0.29, 0.717) is 0 Å². The third-order valence-corrected chi connectivity index (χ3v) is 7.62. The fourth-order valence-corrected chi connectivity index (χ4v) is 6.83. The van der Waals surface area contributed by atoms with E-state index < -0.39 is 17.9 Å². The van der Waals surface area contributed by atoms with Gasteiger partial charge in [-0.2, -0.15) is 0 Å². The van der Waals surface area contributed by atoms with Crippen molar-refractivity contribution in [2.24, 2.45) is 0 Å². The van der Waals surface area contributed by atoms with Crippen LogP contribution in [0.15, 0.2) is 0 Å². The van der Waals surface area contributed by atoms with Crippen LogP contribution in [0, 0.1) is 0 Å². The summed E-state index contributed by atoms with van der Waals surface area (Å²) in [7, 11) is 0. The van der Waals surface area contributed by atoms with Crippen LogP contribution in [0.5, 0.6) is 0 Å². The van der Waals surface area contributed by atoms with Gasteiger partial charge in [0.15, 0.2) is 0 Å². The van der Waals surface area contributed by atoms with Crippen LogP contribution in [-0.4, -0.2) is 5.48 Å². The van der Waals surface area contributed by atoms with Crippen LogP contribution in [0.3, 0.4) is 0 Å². The maximum absolute atomic E-state index is 2.33. The maximum Gasteiger partial charge on any atom is -0.870 e. The van der Waals surface area contributed by atoms with Gasteiger partial charge in [0, 0.05) is 0 Å². The van der Waals surface area contributed by atoms with Gasteiger partial charge in [0.25, 0.3) is 0 Å². The summed E-state index contributed by atoms with van der Waals surface area (Å²) < 4.78 is 4.95. The van der Waals surface area contributed by atoms with Crippen molar-refractivity contribution < 1.29 is 23.3 Å². The van der Waals surface area contributed by atoms with Crippen molar-refractivity contribution in [3.05, 3.63) is 0 Å². The van der Waals surface area contributed by atoms with Crippen molar-refractivity contribution in [3.63, 3.8) is 0 Å². The quantitative estimate of drug-likeness (QED) is 0.513. The van der Waals surface area contributed by atoms with Gasteiger partial charge in [0.1, 0.15) is 0 Å². The van der Waals surface area contributed by atoms with E-state index in [-0.39, 0.29) is 5.48 Å². The summed E-state index contributed by atoms with van der Waals surface area (Å²) in [6.45, 7) is 6.99. The molecule has 0 aromatic rings.